The molecule has 1 rings (SSSR count). The Morgan fingerprint density at radius 3 is 1.41 bits per heavy atom. The van der Waals surface area contributed by atoms with Crippen molar-refractivity contribution in [2.75, 3.05) is 37.3 Å². The summed E-state index contributed by atoms with van der Waals surface area (Å²) in [6.07, 6.45) is 0. The van der Waals surface area contributed by atoms with Crippen molar-refractivity contribution in [2.24, 2.45) is 10.6 Å². The molecule has 118 valence electrons. The third kappa shape index (κ3) is 4.51. The lowest BCUT2D eigenvalue weighted by Crippen LogP contribution is -2.26. The van der Waals surface area contributed by atoms with Gasteiger partial charge in [-0.3, -0.25) is 9.59 Å². The van der Waals surface area contributed by atoms with Crippen molar-refractivity contribution in [3.63, 3.8) is 0 Å². The molecule has 0 bridgehead atoms. The lowest BCUT2D eigenvalue weighted by atomic mass is 10.2. The molecular weight excluding hydrogens is 296 g/mol. The summed E-state index contributed by atoms with van der Waals surface area (Å²) in [5.41, 5.74) is 0.626. The van der Waals surface area contributed by atoms with Crippen molar-refractivity contribution < 1.29 is 19.1 Å². The Morgan fingerprint density at radius 1 is 0.864 bits per heavy atom. The summed E-state index contributed by atoms with van der Waals surface area (Å²) in [5, 5.41) is 7.19. The molecule has 0 heterocycles. The summed E-state index contributed by atoms with van der Waals surface area (Å²) in [6.45, 7) is -0.700. The standard InChI is InChI=1S/C12H14N4O6/c1-21-11(17)7-15(13-19)9-3-5-10(6-4-9)16(14-20)8-12(18)22-2/h3-6H,7-8H2,1-2H3. The molecule has 0 spiro atoms. The van der Waals surface area contributed by atoms with E-state index in [1.807, 2.05) is 0 Å². The van der Waals surface area contributed by atoms with Crippen LogP contribution in [-0.2, 0) is 19.1 Å². The Kier molecular flexibility index (Phi) is 6.41. The van der Waals surface area contributed by atoms with Crippen molar-refractivity contribution in [1.82, 2.24) is 0 Å². The van der Waals surface area contributed by atoms with E-state index in [2.05, 4.69) is 20.0 Å². The van der Waals surface area contributed by atoms with Crippen LogP contribution in [0.4, 0.5) is 11.4 Å². The number of benzene rings is 1. The quantitative estimate of drug-likeness (QED) is 0.396. The minimum Gasteiger partial charge on any atom is -0.468 e. The maximum absolute atomic E-state index is 11.2. The third-order valence-corrected chi connectivity index (χ3v) is 2.66. The zero-order chi connectivity index (χ0) is 16.5. The highest BCUT2D eigenvalue weighted by atomic mass is 16.5. The van der Waals surface area contributed by atoms with Crippen LogP contribution in [0, 0.1) is 9.81 Å². The van der Waals surface area contributed by atoms with E-state index in [0.717, 1.165) is 10.0 Å². The minimum absolute atomic E-state index is 0.313. The van der Waals surface area contributed by atoms with E-state index >= 15 is 0 Å². The molecular formula is C12H14N4O6. The van der Waals surface area contributed by atoms with Crippen LogP contribution < -0.4 is 10.0 Å². The van der Waals surface area contributed by atoms with Gasteiger partial charge in [0.15, 0.2) is 0 Å². The number of nitroso groups, excluding NO2 is 2. The van der Waals surface area contributed by atoms with E-state index in [9.17, 15) is 19.4 Å². The first-order valence-corrected chi connectivity index (χ1v) is 6.01. The average molecular weight is 310 g/mol. The normalized spacial score (nSPS) is 9.55. The summed E-state index contributed by atoms with van der Waals surface area (Å²) in [6, 6.07) is 5.76. The second-order valence-electron chi connectivity index (χ2n) is 3.95. The van der Waals surface area contributed by atoms with Crippen LogP contribution >= 0.6 is 0 Å². The zero-order valence-corrected chi connectivity index (χ0v) is 12.0. The fraction of sp³-hybridized carbons (Fsp3) is 0.333. The summed E-state index contributed by atoms with van der Waals surface area (Å²) in [7, 11) is 2.38. The van der Waals surface area contributed by atoms with E-state index in [0.29, 0.717) is 11.4 Å². The maximum Gasteiger partial charge on any atom is 0.327 e. The van der Waals surface area contributed by atoms with Gasteiger partial charge in [-0.25, -0.2) is 10.0 Å². The molecule has 0 aromatic heterocycles. The molecule has 10 heteroatoms. The molecule has 0 N–H and O–H groups in total. The maximum atomic E-state index is 11.2. The highest BCUT2D eigenvalue weighted by molar-refractivity contribution is 5.77. The van der Waals surface area contributed by atoms with Crippen molar-refractivity contribution in [1.29, 1.82) is 0 Å². The molecule has 1 aromatic carbocycles. The molecule has 0 atom stereocenters. The van der Waals surface area contributed by atoms with Crippen LogP contribution in [0.15, 0.2) is 34.8 Å². The second kappa shape index (κ2) is 8.29. The number of esters is 2. The van der Waals surface area contributed by atoms with Crippen LogP contribution in [0.25, 0.3) is 0 Å². The van der Waals surface area contributed by atoms with Gasteiger partial charge in [0.25, 0.3) is 0 Å². The van der Waals surface area contributed by atoms with E-state index in [1.54, 1.807) is 0 Å². The van der Waals surface area contributed by atoms with E-state index < -0.39 is 11.9 Å². The van der Waals surface area contributed by atoms with Gasteiger partial charge < -0.3 is 9.47 Å². The smallest absolute Gasteiger partial charge is 0.327 e. The molecule has 0 aliphatic heterocycles. The highest BCUT2D eigenvalue weighted by Gasteiger charge is 2.15. The van der Waals surface area contributed by atoms with E-state index in [1.165, 1.54) is 38.5 Å². The second-order valence-corrected chi connectivity index (χ2v) is 3.95. The lowest BCUT2D eigenvalue weighted by Gasteiger charge is -2.16. The molecule has 10 nitrogen and oxygen atoms in total. The molecule has 1 aromatic rings. The summed E-state index contributed by atoms with van der Waals surface area (Å²) < 4.78 is 8.89. The Hall–Kier alpha value is -3.04. The van der Waals surface area contributed by atoms with Gasteiger partial charge in [0.2, 0.25) is 0 Å². The van der Waals surface area contributed by atoms with Gasteiger partial charge in [-0.2, -0.15) is 0 Å². The number of methoxy groups -OCH3 is 2. The first-order chi connectivity index (χ1) is 10.5. The Bertz CT molecular complexity index is 498. The third-order valence-electron chi connectivity index (χ3n) is 2.66. The number of carbonyl (C=O) groups excluding carboxylic acids is 2. The van der Waals surface area contributed by atoms with Crippen molar-refractivity contribution in [3.05, 3.63) is 34.1 Å². The van der Waals surface area contributed by atoms with Gasteiger partial charge in [0.05, 0.1) is 36.2 Å². The largest absolute Gasteiger partial charge is 0.468 e. The van der Waals surface area contributed by atoms with Crippen molar-refractivity contribution >= 4 is 23.3 Å². The molecule has 22 heavy (non-hydrogen) atoms. The number of anilines is 2. The summed E-state index contributed by atoms with van der Waals surface area (Å²) in [4.78, 5) is 43.8. The van der Waals surface area contributed by atoms with Crippen LogP contribution in [0.1, 0.15) is 0 Å². The topological polar surface area (TPSA) is 118 Å². The van der Waals surface area contributed by atoms with Gasteiger partial charge in [0, 0.05) is 0 Å². The number of ether oxygens (including phenoxy) is 2. The van der Waals surface area contributed by atoms with Gasteiger partial charge in [-0.05, 0) is 24.3 Å². The molecule has 0 fully saturated rings. The van der Waals surface area contributed by atoms with Crippen LogP contribution in [0.2, 0.25) is 0 Å². The van der Waals surface area contributed by atoms with Crippen LogP contribution in [-0.4, -0.2) is 39.2 Å². The van der Waals surface area contributed by atoms with Crippen LogP contribution in [0.3, 0.4) is 0 Å². The number of hydrogen-bond acceptors (Lipinski definition) is 8. The predicted molar refractivity (Wildman–Crippen MR) is 76.8 cm³/mol. The highest BCUT2D eigenvalue weighted by Crippen LogP contribution is 2.21. The fourth-order valence-corrected chi connectivity index (χ4v) is 1.51. The molecule has 0 radical (unpaired) electrons. The van der Waals surface area contributed by atoms with Gasteiger partial charge in [-0.15, -0.1) is 9.81 Å². The first-order valence-electron chi connectivity index (χ1n) is 6.01. The molecule has 0 saturated carbocycles. The van der Waals surface area contributed by atoms with E-state index in [4.69, 9.17) is 0 Å². The van der Waals surface area contributed by atoms with Crippen LogP contribution in [0.5, 0.6) is 0 Å². The number of carbonyl (C=O) groups is 2. The number of rotatable bonds is 8. The van der Waals surface area contributed by atoms with E-state index in [-0.39, 0.29) is 13.1 Å². The Balaban J connectivity index is 2.87. The van der Waals surface area contributed by atoms with Crippen molar-refractivity contribution in [3.8, 4) is 0 Å². The number of nitrogens with zero attached hydrogens (tertiary/aromatic N) is 4. The lowest BCUT2D eigenvalue weighted by molar-refractivity contribution is -0.139. The fourth-order valence-electron chi connectivity index (χ4n) is 1.51. The molecule has 0 aliphatic carbocycles. The molecule has 0 aliphatic rings. The summed E-state index contributed by atoms with van der Waals surface area (Å²) in [5.74, 6) is -1.27. The summed E-state index contributed by atoms with van der Waals surface area (Å²) >= 11 is 0. The Labute approximate surface area is 125 Å². The SMILES string of the molecule is COC(=O)CN(N=O)c1ccc(N(CC(=O)OC)N=O)cc1. The van der Waals surface area contributed by atoms with Gasteiger partial charge >= 0.3 is 11.9 Å². The first kappa shape index (κ1) is 17.0. The number of hydrogen-bond donors (Lipinski definition) is 0. The molecule has 0 amide bonds. The Morgan fingerprint density at radius 2 is 1.18 bits per heavy atom. The zero-order valence-electron chi connectivity index (χ0n) is 12.0. The monoisotopic (exact) mass is 310 g/mol. The minimum atomic E-state index is -0.634. The molecule has 0 unspecified atom stereocenters. The van der Waals surface area contributed by atoms with Gasteiger partial charge in [-0.1, -0.05) is 0 Å². The predicted octanol–water partition coefficient (Wildman–Crippen LogP) is 1.01. The average Bonchev–Trinajstić information content (AvgIpc) is 2.57. The molecule has 0 saturated heterocycles. The van der Waals surface area contributed by atoms with Crippen molar-refractivity contribution in [2.45, 2.75) is 0 Å². The van der Waals surface area contributed by atoms with Gasteiger partial charge in [0.1, 0.15) is 13.1 Å².